The third-order valence-electron chi connectivity index (χ3n) is 3.36. The van der Waals surface area contributed by atoms with Gasteiger partial charge in [-0.05, 0) is 36.1 Å². The monoisotopic (exact) mass is 316 g/mol. The number of ketones is 1. The molecule has 0 spiro atoms. The largest absolute Gasteiger partial charge is 0.294 e. The minimum absolute atomic E-state index is 0.204. The van der Waals surface area contributed by atoms with Crippen molar-refractivity contribution < 1.29 is 4.79 Å². The molecule has 0 aliphatic rings. The van der Waals surface area contributed by atoms with Crippen molar-refractivity contribution >= 4 is 21.7 Å². The molecule has 0 radical (unpaired) electrons. The van der Waals surface area contributed by atoms with Crippen molar-refractivity contribution in [2.45, 2.75) is 26.2 Å². The summed E-state index contributed by atoms with van der Waals surface area (Å²) in [5.41, 5.74) is 3.06. The van der Waals surface area contributed by atoms with Gasteiger partial charge in [0.1, 0.15) is 0 Å². The Morgan fingerprint density at radius 3 is 2.53 bits per heavy atom. The quantitative estimate of drug-likeness (QED) is 0.714. The average molecular weight is 317 g/mol. The second-order valence-corrected chi connectivity index (χ2v) is 5.81. The Morgan fingerprint density at radius 1 is 1.16 bits per heavy atom. The van der Waals surface area contributed by atoms with E-state index in [0.29, 0.717) is 6.42 Å². The molecule has 2 heteroatoms. The number of Topliss-reactive ketones (excluding diaryl/α,β-unsaturated/α-hetero) is 1. The number of benzene rings is 2. The Labute approximate surface area is 122 Å². The molecule has 0 N–H and O–H groups in total. The summed E-state index contributed by atoms with van der Waals surface area (Å²) in [6, 6.07) is 16.0. The molecular formula is C17H17BrO. The van der Waals surface area contributed by atoms with E-state index in [1.165, 1.54) is 5.56 Å². The Morgan fingerprint density at radius 2 is 1.84 bits per heavy atom. The van der Waals surface area contributed by atoms with Gasteiger partial charge < -0.3 is 0 Å². The third-order valence-corrected chi connectivity index (χ3v) is 3.85. The minimum Gasteiger partial charge on any atom is -0.294 e. The van der Waals surface area contributed by atoms with Gasteiger partial charge >= 0.3 is 0 Å². The highest BCUT2D eigenvalue weighted by molar-refractivity contribution is 9.10. The summed E-state index contributed by atoms with van der Waals surface area (Å²) in [6.45, 7) is 4.08. The maximum absolute atomic E-state index is 12.4. The van der Waals surface area contributed by atoms with Gasteiger partial charge in [-0.1, -0.05) is 59.3 Å². The Kier molecular flexibility index (Phi) is 4.54. The first-order valence-corrected chi connectivity index (χ1v) is 7.21. The van der Waals surface area contributed by atoms with Crippen molar-refractivity contribution in [3.63, 3.8) is 0 Å². The van der Waals surface area contributed by atoms with E-state index in [1.807, 2.05) is 43.3 Å². The molecule has 0 aromatic heterocycles. The summed E-state index contributed by atoms with van der Waals surface area (Å²) in [7, 11) is 0. The van der Waals surface area contributed by atoms with Crippen LogP contribution in [-0.2, 0) is 0 Å². The number of carbonyl (C=O) groups is 1. The number of aryl methyl sites for hydroxylation is 1. The molecule has 2 rings (SSSR count). The average Bonchev–Trinajstić information content (AvgIpc) is 2.42. The van der Waals surface area contributed by atoms with Crippen LogP contribution in [0.4, 0.5) is 0 Å². The molecule has 0 fully saturated rings. The molecule has 98 valence electrons. The third kappa shape index (κ3) is 3.54. The molecule has 19 heavy (non-hydrogen) atoms. The lowest BCUT2D eigenvalue weighted by Gasteiger charge is -2.12. The summed E-state index contributed by atoms with van der Waals surface area (Å²) >= 11 is 3.42. The first-order chi connectivity index (χ1) is 9.08. The van der Waals surface area contributed by atoms with E-state index >= 15 is 0 Å². The fraction of sp³-hybridized carbons (Fsp3) is 0.235. The predicted octanol–water partition coefficient (Wildman–Crippen LogP) is 5.13. The first-order valence-electron chi connectivity index (χ1n) is 6.42. The zero-order valence-corrected chi connectivity index (χ0v) is 12.8. The first kappa shape index (κ1) is 14.0. The fourth-order valence-electron chi connectivity index (χ4n) is 2.18. The summed E-state index contributed by atoms with van der Waals surface area (Å²) in [6.07, 6.45) is 0.543. The Bertz CT molecular complexity index is 575. The van der Waals surface area contributed by atoms with Crippen molar-refractivity contribution in [2.24, 2.45) is 0 Å². The molecule has 0 aliphatic heterocycles. The minimum atomic E-state index is 0.204. The van der Waals surface area contributed by atoms with E-state index in [9.17, 15) is 4.79 Å². The van der Waals surface area contributed by atoms with Crippen LogP contribution in [-0.4, -0.2) is 5.78 Å². The molecule has 1 atom stereocenters. The second kappa shape index (κ2) is 6.16. The molecule has 1 nitrogen and oxygen atoms in total. The van der Waals surface area contributed by atoms with E-state index in [2.05, 4.69) is 35.0 Å². The fourth-order valence-corrected chi connectivity index (χ4v) is 2.54. The normalized spacial score (nSPS) is 12.2. The molecule has 0 saturated heterocycles. The molecule has 2 aromatic carbocycles. The lowest BCUT2D eigenvalue weighted by molar-refractivity contribution is 0.0975. The van der Waals surface area contributed by atoms with Gasteiger partial charge in [-0.2, -0.15) is 0 Å². The summed E-state index contributed by atoms with van der Waals surface area (Å²) < 4.78 is 0.953. The lowest BCUT2D eigenvalue weighted by Crippen LogP contribution is -2.06. The number of carbonyl (C=O) groups excluding carboxylic acids is 1. The smallest absolute Gasteiger partial charge is 0.163 e. The SMILES string of the molecule is Cc1ccc(Br)cc1C(=O)CC(C)c1ccccc1. The van der Waals surface area contributed by atoms with Crippen molar-refractivity contribution in [3.05, 3.63) is 69.7 Å². The van der Waals surface area contributed by atoms with E-state index < -0.39 is 0 Å². The van der Waals surface area contributed by atoms with Gasteiger partial charge in [-0.25, -0.2) is 0 Å². The van der Waals surface area contributed by atoms with Crippen molar-refractivity contribution in [1.29, 1.82) is 0 Å². The van der Waals surface area contributed by atoms with Gasteiger partial charge in [0.2, 0.25) is 0 Å². The van der Waals surface area contributed by atoms with Crippen LogP contribution in [0.1, 0.15) is 40.7 Å². The number of rotatable bonds is 4. The predicted molar refractivity (Wildman–Crippen MR) is 82.7 cm³/mol. The van der Waals surface area contributed by atoms with Crippen LogP contribution in [0.25, 0.3) is 0 Å². The molecular weight excluding hydrogens is 300 g/mol. The molecule has 0 heterocycles. The zero-order chi connectivity index (χ0) is 13.8. The highest BCUT2D eigenvalue weighted by Crippen LogP contribution is 2.23. The van der Waals surface area contributed by atoms with Crippen molar-refractivity contribution in [1.82, 2.24) is 0 Å². The van der Waals surface area contributed by atoms with Crippen molar-refractivity contribution in [3.8, 4) is 0 Å². The van der Waals surface area contributed by atoms with Crippen LogP contribution in [0, 0.1) is 6.92 Å². The standard InChI is InChI=1S/C17H17BrO/c1-12-8-9-15(18)11-16(12)17(19)10-13(2)14-6-4-3-5-7-14/h3-9,11,13H,10H2,1-2H3. The molecule has 0 amide bonds. The molecule has 1 unspecified atom stereocenters. The van der Waals surface area contributed by atoms with Crippen LogP contribution in [0.5, 0.6) is 0 Å². The van der Waals surface area contributed by atoms with Gasteiger partial charge in [-0.3, -0.25) is 4.79 Å². The molecule has 2 aromatic rings. The van der Waals surface area contributed by atoms with Crippen LogP contribution >= 0.6 is 15.9 Å². The number of halogens is 1. The van der Waals surface area contributed by atoms with E-state index in [-0.39, 0.29) is 11.7 Å². The van der Waals surface area contributed by atoms with Gasteiger partial charge in [0, 0.05) is 16.5 Å². The van der Waals surface area contributed by atoms with Crippen LogP contribution in [0.15, 0.2) is 53.0 Å². The molecule has 0 aliphatic carbocycles. The van der Waals surface area contributed by atoms with Crippen molar-refractivity contribution in [2.75, 3.05) is 0 Å². The van der Waals surface area contributed by atoms with E-state index in [4.69, 9.17) is 0 Å². The highest BCUT2D eigenvalue weighted by Gasteiger charge is 2.14. The summed E-state index contributed by atoms with van der Waals surface area (Å²) in [5, 5.41) is 0. The summed E-state index contributed by atoms with van der Waals surface area (Å²) in [4.78, 5) is 12.4. The Balaban J connectivity index is 2.15. The van der Waals surface area contributed by atoms with Crippen LogP contribution in [0.2, 0.25) is 0 Å². The highest BCUT2D eigenvalue weighted by atomic mass is 79.9. The van der Waals surface area contributed by atoms with Crippen LogP contribution < -0.4 is 0 Å². The van der Waals surface area contributed by atoms with Crippen LogP contribution in [0.3, 0.4) is 0 Å². The number of hydrogen-bond donors (Lipinski definition) is 0. The molecule has 0 saturated carbocycles. The van der Waals surface area contributed by atoms with Gasteiger partial charge in [0.25, 0.3) is 0 Å². The van der Waals surface area contributed by atoms with Gasteiger partial charge in [0.15, 0.2) is 5.78 Å². The maximum atomic E-state index is 12.4. The summed E-state index contributed by atoms with van der Waals surface area (Å²) in [5.74, 6) is 0.447. The lowest BCUT2D eigenvalue weighted by atomic mass is 9.92. The van der Waals surface area contributed by atoms with Gasteiger partial charge in [0.05, 0.1) is 0 Å². The maximum Gasteiger partial charge on any atom is 0.163 e. The number of hydrogen-bond acceptors (Lipinski definition) is 1. The van der Waals surface area contributed by atoms with E-state index in [1.54, 1.807) is 0 Å². The Hall–Kier alpha value is -1.41. The molecule has 0 bridgehead atoms. The zero-order valence-electron chi connectivity index (χ0n) is 11.2. The van der Waals surface area contributed by atoms with Gasteiger partial charge in [-0.15, -0.1) is 0 Å². The second-order valence-electron chi connectivity index (χ2n) is 4.90. The van der Waals surface area contributed by atoms with E-state index in [0.717, 1.165) is 15.6 Å². The topological polar surface area (TPSA) is 17.1 Å².